The minimum atomic E-state index is -0.330. The number of amides is 1. The van der Waals surface area contributed by atoms with Crippen molar-refractivity contribution in [1.82, 2.24) is 5.32 Å². The van der Waals surface area contributed by atoms with E-state index in [0.717, 1.165) is 19.3 Å². The van der Waals surface area contributed by atoms with E-state index >= 15 is 0 Å². The van der Waals surface area contributed by atoms with Gasteiger partial charge in [-0.05, 0) is 42.9 Å². The highest BCUT2D eigenvalue weighted by Gasteiger charge is 2.14. The molecule has 0 radical (unpaired) electrons. The van der Waals surface area contributed by atoms with E-state index in [2.05, 4.69) is 17.6 Å². The van der Waals surface area contributed by atoms with E-state index in [1.807, 2.05) is 6.07 Å². The van der Waals surface area contributed by atoms with Gasteiger partial charge in [-0.3, -0.25) is 10.1 Å². The summed E-state index contributed by atoms with van der Waals surface area (Å²) in [6.07, 6.45) is 3.15. The summed E-state index contributed by atoms with van der Waals surface area (Å²) < 4.78 is 16.2. The van der Waals surface area contributed by atoms with E-state index in [9.17, 15) is 4.79 Å². The Morgan fingerprint density at radius 1 is 1.00 bits per heavy atom. The van der Waals surface area contributed by atoms with Gasteiger partial charge in [0.15, 0.2) is 16.6 Å². The van der Waals surface area contributed by atoms with Crippen LogP contribution >= 0.6 is 12.2 Å². The van der Waals surface area contributed by atoms with E-state index in [4.69, 9.17) is 26.4 Å². The highest BCUT2D eigenvalue weighted by Crippen LogP contribution is 2.29. The van der Waals surface area contributed by atoms with Crippen LogP contribution in [0.25, 0.3) is 0 Å². The first kappa shape index (κ1) is 21.5. The van der Waals surface area contributed by atoms with E-state index in [1.165, 1.54) is 0 Å². The predicted octanol–water partition coefficient (Wildman–Crippen LogP) is 4.40. The molecule has 0 aromatic heterocycles. The predicted molar refractivity (Wildman–Crippen MR) is 115 cm³/mol. The third-order valence-corrected chi connectivity index (χ3v) is 4.21. The summed E-state index contributed by atoms with van der Waals surface area (Å²) in [6.45, 7) is 2.71. The molecule has 7 heteroatoms. The van der Waals surface area contributed by atoms with Crippen LogP contribution in [0.1, 0.15) is 36.5 Å². The van der Waals surface area contributed by atoms with Gasteiger partial charge >= 0.3 is 0 Å². The molecular weight excluding hydrogens is 376 g/mol. The highest BCUT2D eigenvalue weighted by molar-refractivity contribution is 7.80. The maximum absolute atomic E-state index is 12.6. The van der Waals surface area contributed by atoms with Gasteiger partial charge in [0.1, 0.15) is 5.75 Å². The summed E-state index contributed by atoms with van der Waals surface area (Å²) in [5, 5.41) is 5.83. The van der Waals surface area contributed by atoms with Crippen LogP contribution < -0.4 is 24.8 Å². The zero-order valence-electron chi connectivity index (χ0n) is 16.4. The quantitative estimate of drug-likeness (QED) is 0.479. The monoisotopic (exact) mass is 402 g/mol. The Morgan fingerprint density at radius 3 is 2.46 bits per heavy atom. The smallest absolute Gasteiger partial charge is 0.261 e. The zero-order valence-corrected chi connectivity index (χ0v) is 17.2. The van der Waals surface area contributed by atoms with E-state index < -0.39 is 0 Å². The lowest BCUT2D eigenvalue weighted by Gasteiger charge is -2.14. The molecular formula is C21H26N2O4S. The third-order valence-electron chi connectivity index (χ3n) is 4.01. The van der Waals surface area contributed by atoms with Gasteiger partial charge in [0.05, 0.1) is 26.4 Å². The lowest BCUT2D eigenvalue weighted by atomic mass is 10.2. The summed E-state index contributed by atoms with van der Waals surface area (Å²) in [7, 11) is 3.12. The van der Waals surface area contributed by atoms with Crippen LogP contribution in [-0.2, 0) is 0 Å². The second kappa shape index (κ2) is 11.1. The molecule has 0 saturated carbocycles. The number of hydrogen-bond donors (Lipinski definition) is 2. The van der Waals surface area contributed by atoms with E-state index in [1.54, 1.807) is 50.6 Å². The Kier molecular flexibility index (Phi) is 8.55. The Labute approximate surface area is 171 Å². The first-order chi connectivity index (χ1) is 13.6. The molecule has 0 atom stereocenters. The second-order valence-electron chi connectivity index (χ2n) is 6.03. The Morgan fingerprint density at radius 2 is 1.75 bits per heavy atom. The molecule has 0 heterocycles. The molecule has 0 spiro atoms. The number of ether oxygens (including phenoxy) is 3. The fourth-order valence-electron chi connectivity index (χ4n) is 2.56. The second-order valence-corrected chi connectivity index (χ2v) is 6.44. The number of benzene rings is 2. The molecule has 1 amide bonds. The number of carbonyl (C=O) groups is 1. The van der Waals surface area contributed by atoms with Gasteiger partial charge in [-0.1, -0.05) is 31.9 Å². The van der Waals surface area contributed by atoms with E-state index in [-0.39, 0.29) is 11.0 Å². The molecule has 0 saturated heterocycles. The maximum Gasteiger partial charge on any atom is 0.261 e. The molecule has 2 rings (SSSR count). The number of unbranched alkanes of at least 4 members (excludes halogenated alkanes) is 2. The SMILES string of the molecule is CCCCCOc1ccccc1C(=O)NC(=S)Nc1ccc(OC)c(OC)c1. The Hall–Kier alpha value is -2.80. The minimum Gasteiger partial charge on any atom is -0.493 e. The van der Waals surface area contributed by atoms with Crippen molar-refractivity contribution in [3.8, 4) is 17.2 Å². The van der Waals surface area contributed by atoms with Crippen LogP contribution in [0.15, 0.2) is 42.5 Å². The molecule has 150 valence electrons. The molecule has 2 aromatic rings. The summed E-state index contributed by atoms with van der Waals surface area (Å²) >= 11 is 5.26. The molecule has 0 aliphatic rings. The van der Waals surface area contributed by atoms with Crippen molar-refractivity contribution in [2.45, 2.75) is 26.2 Å². The van der Waals surface area contributed by atoms with Crippen LogP contribution in [-0.4, -0.2) is 31.8 Å². The number of para-hydroxylation sites is 1. The van der Waals surface area contributed by atoms with Crippen LogP contribution in [0.5, 0.6) is 17.2 Å². The topological polar surface area (TPSA) is 68.8 Å². The van der Waals surface area contributed by atoms with Crippen molar-refractivity contribution >= 4 is 28.9 Å². The van der Waals surface area contributed by atoms with Gasteiger partial charge in [-0.15, -0.1) is 0 Å². The van der Waals surface area contributed by atoms with Gasteiger partial charge < -0.3 is 19.5 Å². The number of carbonyl (C=O) groups excluding carboxylic acids is 1. The first-order valence-corrected chi connectivity index (χ1v) is 9.56. The molecule has 0 bridgehead atoms. The maximum atomic E-state index is 12.6. The number of anilines is 1. The average Bonchev–Trinajstić information content (AvgIpc) is 2.71. The average molecular weight is 403 g/mol. The number of thiocarbonyl (C=S) groups is 1. The fourth-order valence-corrected chi connectivity index (χ4v) is 2.77. The number of nitrogens with one attached hydrogen (secondary N) is 2. The molecule has 0 aliphatic heterocycles. The Bertz CT molecular complexity index is 811. The lowest BCUT2D eigenvalue weighted by Crippen LogP contribution is -2.34. The lowest BCUT2D eigenvalue weighted by molar-refractivity contribution is 0.0973. The molecule has 0 fully saturated rings. The first-order valence-electron chi connectivity index (χ1n) is 9.15. The number of methoxy groups -OCH3 is 2. The minimum absolute atomic E-state index is 0.179. The van der Waals surface area contributed by atoms with Crippen LogP contribution in [0.2, 0.25) is 0 Å². The molecule has 0 aliphatic carbocycles. The standard InChI is InChI=1S/C21H26N2O4S/c1-4-5-8-13-27-17-10-7-6-9-16(17)20(24)23-21(28)22-15-11-12-18(25-2)19(14-15)26-3/h6-7,9-12,14H,4-5,8,13H2,1-3H3,(H2,22,23,24,28). The van der Waals surface area contributed by atoms with Gasteiger partial charge in [0.2, 0.25) is 0 Å². The molecule has 6 nitrogen and oxygen atoms in total. The van der Waals surface area contributed by atoms with Crippen LogP contribution in [0.4, 0.5) is 5.69 Å². The largest absolute Gasteiger partial charge is 0.493 e. The van der Waals surface area contributed by atoms with Crippen molar-refractivity contribution in [2.75, 3.05) is 26.1 Å². The van der Waals surface area contributed by atoms with Crippen LogP contribution in [0, 0.1) is 0 Å². The summed E-state index contributed by atoms with van der Waals surface area (Å²) in [4.78, 5) is 12.6. The molecule has 2 aromatic carbocycles. The number of rotatable bonds is 9. The van der Waals surface area contributed by atoms with Gasteiger partial charge in [0.25, 0.3) is 5.91 Å². The Balaban J connectivity index is 2.00. The van der Waals surface area contributed by atoms with Gasteiger partial charge in [-0.2, -0.15) is 0 Å². The van der Waals surface area contributed by atoms with Crippen molar-refractivity contribution in [2.24, 2.45) is 0 Å². The van der Waals surface area contributed by atoms with Crippen molar-refractivity contribution < 1.29 is 19.0 Å². The van der Waals surface area contributed by atoms with Crippen molar-refractivity contribution in [3.05, 3.63) is 48.0 Å². The number of hydrogen-bond acceptors (Lipinski definition) is 5. The molecule has 0 unspecified atom stereocenters. The van der Waals surface area contributed by atoms with Gasteiger partial charge in [-0.25, -0.2) is 0 Å². The van der Waals surface area contributed by atoms with E-state index in [0.29, 0.717) is 35.1 Å². The third kappa shape index (κ3) is 6.13. The summed E-state index contributed by atoms with van der Waals surface area (Å²) in [5.74, 6) is 1.39. The van der Waals surface area contributed by atoms with Crippen molar-refractivity contribution in [1.29, 1.82) is 0 Å². The summed E-state index contributed by atoms with van der Waals surface area (Å²) in [6, 6.07) is 12.4. The molecule has 28 heavy (non-hydrogen) atoms. The zero-order chi connectivity index (χ0) is 20.4. The molecule has 2 N–H and O–H groups in total. The van der Waals surface area contributed by atoms with Crippen LogP contribution in [0.3, 0.4) is 0 Å². The summed E-state index contributed by atoms with van der Waals surface area (Å²) in [5.41, 5.74) is 1.11. The fraction of sp³-hybridized carbons (Fsp3) is 0.333. The van der Waals surface area contributed by atoms with Crippen molar-refractivity contribution in [3.63, 3.8) is 0 Å². The normalized spacial score (nSPS) is 10.1. The highest BCUT2D eigenvalue weighted by atomic mass is 32.1. The van der Waals surface area contributed by atoms with Gasteiger partial charge in [0, 0.05) is 11.8 Å².